The fraction of sp³-hybridized carbons (Fsp3) is 0.0500. The minimum Gasteiger partial charge on any atom is -0.354 e. The van der Waals surface area contributed by atoms with Crippen LogP contribution in [-0.4, -0.2) is 16.8 Å². The molecule has 3 N–H and O–H groups in total. The Morgan fingerprint density at radius 3 is 2.22 bits per heavy atom. The average Bonchev–Trinajstić information content (AvgIpc) is 2.64. The van der Waals surface area contributed by atoms with E-state index in [0.29, 0.717) is 11.5 Å². The SMILES string of the molecule is CC(=O)Nc1ccc(Nc2ccc(NC(=O)c3cccc(F)c3)nc2)cc1. The molecule has 7 heteroatoms. The molecule has 2 amide bonds. The Hall–Kier alpha value is -3.74. The predicted octanol–water partition coefficient (Wildman–Crippen LogP) is 4.18. The van der Waals surface area contributed by atoms with Crippen LogP contribution >= 0.6 is 0 Å². The maximum absolute atomic E-state index is 13.2. The molecule has 3 rings (SSSR count). The molecule has 0 fully saturated rings. The van der Waals surface area contributed by atoms with E-state index in [9.17, 15) is 14.0 Å². The Bertz CT molecular complexity index is 956. The van der Waals surface area contributed by atoms with Gasteiger partial charge in [0.15, 0.2) is 0 Å². The van der Waals surface area contributed by atoms with Crippen LogP contribution in [0.5, 0.6) is 0 Å². The summed E-state index contributed by atoms with van der Waals surface area (Å²) in [7, 11) is 0. The van der Waals surface area contributed by atoms with Crippen LogP contribution in [0.25, 0.3) is 0 Å². The smallest absolute Gasteiger partial charge is 0.256 e. The zero-order valence-electron chi connectivity index (χ0n) is 14.5. The zero-order valence-corrected chi connectivity index (χ0v) is 14.5. The standard InChI is InChI=1S/C20H17FN4O2/c1-13(26)23-16-5-7-17(8-6-16)24-18-9-10-19(22-12-18)25-20(27)14-3-2-4-15(21)11-14/h2-12,24H,1H3,(H,23,26)(H,22,25,27). The molecule has 1 heterocycles. The van der Waals surface area contributed by atoms with Crippen molar-refractivity contribution in [2.24, 2.45) is 0 Å². The highest BCUT2D eigenvalue weighted by molar-refractivity contribution is 6.03. The minimum absolute atomic E-state index is 0.129. The lowest BCUT2D eigenvalue weighted by atomic mass is 10.2. The highest BCUT2D eigenvalue weighted by Gasteiger charge is 2.07. The fourth-order valence-electron chi connectivity index (χ4n) is 2.37. The lowest BCUT2D eigenvalue weighted by Crippen LogP contribution is -2.13. The maximum Gasteiger partial charge on any atom is 0.256 e. The molecule has 0 saturated heterocycles. The van der Waals surface area contributed by atoms with Crippen molar-refractivity contribution < 1.29 is 14.0 Å². The van der Waals surface area contributed by atoms with Gasteiger partial charge in [-0.3, -0.25) is 9.59 Å². The van der Waals surface area contributed by atoms with Gasteiger partial charge in [0.05, 0.1) is 11.9 Å². The zero-order chi connectivity index (χ0) is 19.2. The van der Waals surface area contributed by atoms with Crippen molar-refractivity contribution in [3.63, 3.8) is 0 Å². The second-order valence-electron chi connectivity index (χ2n) is 5.78. The van der Waals surface area contributed by atoms with Crippen molar-refractivity contribution in [1.82, 2.24) is 4.98 Å². The van der Waals surface area contributed by atoms with E-state index in [0.717, 1.165) is 17.4 Å². The molecule has 0 atom stereocenters. The average molecular weight is 364 g/mol. The number of pyridine rings is 1. The van der Waals surface area contributed by atoms with Crippen molar-refractivity contribution in [3.05, 3.63) is 78.2 Å². The summed E-state index contributed by atoms with van der Waals surface area (Å²) in [6, 6.07) is 16.1. The molecule has 0 aliphatic rings. The number of anilines is 4. The number of amides is 2. The summed E-state index contributed by atoms with van der Waals surface area (Å²) in [6.07, 6.45) is 1.57. The highest BCUT2D eigenvalue weighted by Crippen LogP contribution is 2.19. The number of carbonyl (C=O) groups is 2. The molecule has 0 spiro atoms. The quantitative estimate of drug-likeness (QED) is 0.634. The molecule has 0 aliphatic heterocycles. The van der Waals surface area contributed by atoms with Gasteiger partial charge in [-0.15, -0.1) is 0 Å². The molecular weight excluding hydrogens is 347 g/mol. The summed E-state index contributed by atoms with van der Waals surface area (Å²) in [6.45, 7) is 1.45. The van der Waals surface area contributed by atoms with Gasteiger partial charge in [-0.25, -0.2) is 9.37 Å². The van der Waals surface area contributed by atoms with Gasteiger partial charge in [-0.05, 0) is 54.6 Å². The van der Waals surface area contributed by atoms with E-state index in [1.807, 2.05) is 12.1 Å². The van der Waals surface area contributed by atoms with Gasteiger partial charge >= 0.3 is 0 Å². The molecule has 136 valence electrons. The Balaban J connectivity index is 1.61. The van der Waals surface area contributed by atoms with E-state index in [2.05, 4.69) is 20.9 Å². The van der Waals surface area contributed by atoms with Gasteiger partial charge < -0.3 is 16.0 Å². The topological polar surface area (TPSA) is 83.1 Å². The first-order valence-electron chi connectivity index (χ1n) is 8.17. The predicted molar refractivity (Wildman–Crippen MR) is 103 cm³/mol. The van der Waals surface area contributed by atoms with Crippen molar-refractivity contribution in [1.29, 1.82) is 0 Å². The Morgan fingerprint density at radius 2 is 1.59 bits per heavy atom. The van der Waals surface area contributed by atoms with Crippen molar-refractivity contribution in [3.8, 4) is 0 Å². The van der Waals surface area contributed by atoms with E-state index >= 15 is 0 Å². The number of aromatic nitrogens is 1. The molecule has 3 aromatic rings. The molecule has 2 aromatic carbocycles. The lowest BCUT2D eigenvalue weighted by Gasteiger charge is -2.09. The molecule has 0 radical (unpaired) electrons. The van der Waals surface area contributed by atoms with Gasteiger partial charge in [0, 0.05) is 23.9 Å². The van der Waals surface area contributed by atoms with Gasteiger partial charge in [-0.1, -0.05) is 6.07 Å². The lowest BCUT2D eigenvalue weighted by molar-refractivity contribution is -0.114. The van der Waals surface area contributed by atoms with Gasteiger partial charge in [-0.2, -0.15) is 0 Å². The normalized spacial score (nSPS) is 10.1. The van der Waals surface area contributed by atoms with E-state index in [1.54, 1.807) is 30.5 Å². The first-order valence-corrected chi connectivity index (χ1v) is 8.17. The molecule has 0 unspecified atom stereocenters. The summed E-state index contributed by atoms with van der Waals surface area (Å²) in [5.74, 6) is -0.678. The molecule has 6 nitrogen and oxygen atoms in total. The Labute approximate surface area is 155 Å². The second-order valence-corrected chi connectivity index (χ2v) is 5.78. The summed E-state index contributed by atoms with van der Waals surface area (Å²) >= 11 is 0. The molecular formula is C20H17FN4O2. The third-order valence-electron chi connectivity index (χ3n) is 3.59. The Kier molecular flexibility index (Phi) is 5.41. The number of nitrogens with zero attached hydrogens (tertiary/aromatic N) is 1. The van der Waals surface area contributed by atoms with Gasteiger partial charge in [0.25, 0.3) is 5.91 Å². The van der Waals surface area contributed by atoms with E-state index in [1.165, 1.54) is 25.1 Å². The van der Waals surface area contributed by atoms with Crippen molar-refractivity contribution in [2.45, 2.75) is 6.92 Å². The number of benzene rings is 2. The van der Waals surface area contributed by atoms with Crippen LogP contribution in [0.1, 0.15) is 17.3 Å². The van der Waals surface area contributed by atoms with Crippen LogP contribution in [0.4, 0.5) is 27.3 Å². The number of hydrogen-bond donors (Lipinski definition) is 3. The van der Waals surface area contributed by atoms with Gasteiger partial charge in [0.1, 0.15) is 11.6 Å². The van der Waals surface area contributed by atoms with E-state index < -0.39 is 11.7 Å². The number of rotatable bonds is 5. The maximum atomic E-state index is 13.2. The van der Waals surface area contributed by atoms with Crippen LogP contribution in [-0.2, 0) is 4.79 Å². The van der Waals surface area contributed by atoms with Crippen LogP contribution in [0.3, 0.4) is 0 Å². The second kappa shape index (κ2) is 8.09. The molecule has 27 heavy (non-hydrogen) atoms. The number of carbonyl (C=O) groups excluding carboxylic acids is 2. The number of nitrogens with one attached hydrogen (secondary N) is 3. The van der Waals surface area contributed by atoms with E-state index in [-0.39, 0.29) is 11.5 Å². The third kappa shape index (κ3) is 5.12. The van der Waals surface area contributed by atoms with Crippen molar-refractivity contribution >= 4 is 34.7 Å². The summed E-state index contributed by atoms with van der Waals surface area (Å²) in [4.78, 5) is 27.3. The first kappa shape index (κ1) is 18.1. The third-order valence-corrected chi connectivity index (χ3v) is 3.59. The minimum atomic E-state index is -0.473. The Morgan fingerprint density at radius 1 is 0.889 bits per heavy atom. The fourth-order valence-corrected chi connectivity index (χ4v) is 2.37. The van der Waals surface area contributed by atoms with Gasteiger partial charge in [0.2, 0.25) is 5.91 Å². The monoisotopic (exact) mass is 364 g/mol. The number of hydrogen-bond acceptors (Lipinski definition) is 4. The first-order chi connectivity index (χ1) is 13.0. The van der Waals surface area contributed by atoms with Crippen LogP contribution in [0.15, 0.2) is 66.9 Å². The van der Waals surface area contributed by atoms with Crippen molar-refractivity contribution in [2.75, 3.05) is 16.0 Å². The van der Waals surface area contributed by atoms with Crippen LogP contribution in [0.2, 0.25) is 0 Å². The summed E-state index contributed by atoms with van der Waals surface area (Å²) in [5.41, 5.74) is 2.48. The summed E-state index contributed by atoms with van der Waals surface area (Å²) in [5, 5.41) is 8.48. The highest BCUT2D eigenvalue weighted by atomic mass is 19.1. The van der Waals surface area contributed by atoms with Crippen LogP contribution < -0.4 is 16.0 Å². The van der Waals surface area contributed by atoms with Crippen LogP contribution in [0, 0.1) is 5.82 Å². The summed E-state index contributed by atoms with van der Waals surface area (Å²) < 4.78 is 13.2. The number of halogens is 1. The molecule has 1 aromatic heterocycles. The largest absolute Gasteiger partial charge is 0.354 e. The van der Waals surface area contributed by atoms with E-state index in [4.69, 9.17) is 0 Å². The molecule has 0 saturated carbocycles. The molecule has 0 aliphatic carbocycles. The molecule has 0 bridgehead atoms.